The number of amides is 1. The van der Waals surface area contributed by atoms with Gasteiger partial charge in [0.2, 0.25) is 5.91 Å². The highest BCUT2D eigenvalue weighted by Crippen LogP contribution is 2.38. The van der Waals surface area contributed by atoms with Gasteiger partial charge in [0.25, 0.3) is 0 Å². The van der Waals surface area contributed by atoms with Gasteiger partial charge in [-0.25, -0.2) is 14.8 Å². The maximum atomic E-state index is 12.8. The molecule has 3 rings (SSSR count). The Hall–Kier alpha value is -2.33. The number of aromatic nitrogens is 2. The van der Waals surface area contributed by atoms with E-state index in [1.165, 1.54) is 30.9 Å². The van der Waals surface area contributed by atoms with Crippen LogP contribution in [0.2, 0.25) is 0 Å². The maximum Gasteiger partial charge on any atom is 0.341 e. The zero-order chi connectivity index (χ0) is 21.0. The smallest absolute Gasteiger partial charge is 0.341 e. The number of ether oxygens (including phenoxy) is 1. The number of rotatable bonds is 5. The van der Waals surface area contributed by atoms with E-state index in [2.05, 4.69) is 15.3 Å². The number of carbonyl (C=O) groups is 2. The minimum Gasteiger partial charge on any atom is -0.465 e. The maximum absolute atomic E-state index is 12.8. The molecule has 1 atom stereocenters. The van der Waals surface area contributed by atoms with E-state index in [4.69, 9.17) is 16.2 Å². The van der Waals surface area contributed by atoms with Crippen LogP contribution >= 0.6 is 23.1 Å². The summed E-state index contributed by atoms with van der Waals surface area (Å²) in [5, 5.41) is 3.29. The Morgan fingerprint density at radius 3 is 2.48 bits per heavy atom. The van der Waals surface area contributed by atoms with Gasteiger partial charge in [-0.15, -0.1) is 11.3 Å². The third kappa shape index (κ3) is 5.18. The lowest BCUT2D eigenvalue weighted by Gasteiger charge is -2.12. The minimum atomic E-state index is -0.508. The number of nitrogens with two attached hydrogens (primary N) is 2. The summed E-state index contributed by atoms with van der Waals surface area (Å²) >= 11 is 2.63. The van der Waals surface area contributed by atoms with E-state index in [0.717, 1.165) is 54.3 Å². The number of hydrogen-bond acceptors (Lipinski definition) is 9. The third-order valence-corrected chi connectivity index (χ3v) is 6.86. The molecule has 0 aliphatic heterocycles. The molecule has 0 radical (unpaired) electrons. The number of nitrogens with zero attached hydrogens (tertiary/aromatic N) is 2. The molecule has 0 aromatic carbocycles. The molecule has 0 spiro atoms. The number of anilines is 3. The van der Waals surface area contributed by atoms with E-state index in [9.17, 15) is 9.59 Å². The molecule has 1 unspecified atom stereocenters. The summed E-state index contributed by atoms with van der Waals surface area (Å²) in [6.07, 6.45) is 6.19. The van der Waals surface area contributed by atoms with Crippen molar-refractivity contribution in [1.29, 1.82) is 0 Å². The van der Waals surface area contributed by atoms with Crippen LogP contribution in [-0.2, 0) is 22.4 Å². The molecular formula is C19H25N5O3S2. The molecule has 1 aliphatic carbocycles. The fourth-order valence-electron chi connectivity index (χ4n) is 3.27. The van der Waals surface area contributed by atoms with Crippen LogP contribution in [0.1, 0.15) is 53.4 Å². The van der Waals surface area contributed by atoms with E-state index in [1.807, 2.05) is 0 Å². The van der Waals surface area contributed by atoms with Crippen molar-refractivity contribution in [2.45, 2.75) is 55.9 Å². The zero-order valence-corrected chi connectivity index (χ0v) is 18.1. The van der Waals surface area contributed by atoms with Crippen molar-refractivity contribution in [1.82, 2.24) is 9.97 Å². The normalized spacial score (nSPS) is 15.0. The molecule has 0 fully saturated rings. The average molecular weight is 436 g/mol. The number of hydrogen-bond donors (Lipinski definition) is 3. The molecule has 1 aliphatic rings. The topological polar surface area (TPSA) is 133 Å². The van der Waals surface area contributed by atoms with E-state index >= 15 is 0 Å². The van der Waals surface area contributed by atoms with Crippen molar-refractivity contribution in [2.24, 2.45) is 0 Å². The number of methoxy groups -OCH3 is 1. The van der Waals surface area contributed by atoms with Gasteiger partial charge in [-0.1, -0.05) is 24.6 Å². The molecule has 10 heteroatoms. The number of esters is 1. The first-order valence-corrected chi connectivity index (χ1v) is 11.2. The lowest BCUT2D eigenvalue weighted by Crippen LogP contribution is -2.23. The Labute approximate surface area is 177 Å². The summed E-state index contributed by atoms with van der Waals surface area (Å²) in [4.78, 5) is 34.6. The molecule has 0 saturated carbocycles. The summed E-state index contributed by atoms with van der Waals surface area (Å²) in [6.45, 7) is 1.74. The summed E-state index contributed by atoms with van der Waals surface area (Å²) < 4.78 is 5.00. The summed E-state index contributed by atoms with van der Waals surface area (Å²) in [7, 11) is 1.36. The van der Waals surface area contributed by atoms with Gasteiger partial charge in [0.15, 0.2) is 5.16 Å². The standard InChI is InChI=1S/C19H25N5O3S2/c1-10(28-19-22-13(20)9-14(21)23-19)16(25)24-17-15(18(26)27-2)11-7-5-3-4-6-8-12(11)29-17/h9-10H,3-8H2,1-2H3,(H,24,25)(H4,20,21,22,23). The number of thiophene rings is 1. The molecular weight excluding hydrogens is 410 g/mol. The van der Waals surface area contributed by atoms with Crippen LogP contribution in [0, 0.1) is 0 Å². The number of nitrogens with one attached hydrogen (secondary N) is 1. The number of carbonyl (C=O) groups excluding carboxylic acids is 2. The van der Waals surface area contributed by atoms with Crippen LogP contribution in [0.15, 0.2) is 11.2 Å². The lowest BCUT2D eigenvalue weighted by molar-refractivity contribution is -0.115. The summed E-state index contributed by atoms with van der Waals surface area (Å²) in [5.41, 5.74) is 12.9. The fourth-order valence-corrected chi connectivity index (χ4v) is 5.34. The van der Waals surface area contributed by atoms with Crippen molar-refractivity contribution >= 4 is 51.6 Å². The highest BCUT2D eigenvalue weighted by Gasteiger charge is 2.27. The quantitative estimate of drug-likeness (QED) is 0.370. The van der Waals surface area contributed by atoms with E-state index in [0.29, 0.717) is 15.7 Å². The highest BCUT2D eigenvalue weighted by atomic mass is 32.2. The molecule has 2 aromatic rings. The molecule has 2 aromatic heterocycles. The van der Waals surface area contributed by atoms with Crippen LogP contribution < -0.4 is 16.8 Å². The van der Waals surface area contributed by atoms with Crippen molar-refractivity contribution in [3.63, 3.8) is 0 Å². The van der Waals surface area contributed by atoms with E-state index < -0.39 is 11.2 Å². The number of fused-ring (bicyclic) bond motifs is 1. The number of aryl methyl sites for hydroxylation is 1. The Morgan fingerprint density at radius 1 is 1.17 bits per heavy atom. The van der Waals surface area contributed by atoms with Gasteiger partial charge in [0.1, 0.15) is 16.6 Å². The fraction of sp³-hybridized carbons (Fsp3) is 0.474. The second-order valence-electron chi connectivity index (χ2n) is 6.86. The summed E-state index contributed by atoms with van der Waals surface area (Å²) in [5.74, 6) is -0.165. The van der Waals surface area contributed by atoms with Gasteiger partial charge in [-0.05, 0) is 38.2 Å². The molecule has 156 valence electrons. The Balaban J connectivity index is 1.81. The van der Waals surface area contributed by atoms with Crippen LogP contribution in [0.3, 0.4) is 0 Å². The van der Waals surface area contributed by atoms with Crippen molar-refractivity contribution < 1.29 is 14.3 Å². The average Bonchev–Trinajstić information content (AvgIpc) is 2.96. The van der Waals surface area contributed by atoms with Crippen molar-refractivity contribution in [3.05, 3.63) is 22.1 Å². The Morgan fingerprint density at radius 2 is 1.83 bits per heavy atom. The van der Waals surface area contributed by atoms with Gasteiger partial charge in [-0.3, -0.25) is 4.79 Å². The monoisotopic (exact) mass is 435 g/mol. The third-order valence-electron chi connectivity index (χ3n) is 4.69. The first kappa shape index (κ1) is 21.4. The van der Waals surface area contributed by atoms with Crippen molar-refractivity contribution in [2.75, 3.05) is 23.9 Å². The second-order valence-corrected chi connectivity index (χ2v) is 9.28. The van der Waals surface area contributed by atoms with Gasteiger partial charge in [-0.2, -0.15) is 0 Å². The molecule has 5 N–H and O–H groups in total. The van der Waals surface area contributed by atoms with Gasteiger partial charge >= 0.3 is 5.97 Å². The lowest BCUT2D eigenvalue weighted by atomic mass is 9.96. The first-order chi connectivity index (χ1) is 13.9. The molecule has 29 heavy (non-hydrogen) atoms. The number of nitrogen functional groups attached to an aromatic ring is 2. The molecule has 2 heterocycles. The second kappa shape index (κ2) is 9.45. The zero-order valence-electron chi connectivity index (χ0n) is 16.5. The van der Waals surface area contributed by atoms with Crippen molar-refractivity contribution in [3.8, 4) is 0 Å². The highest BCUT2D eigenvalue weighted by molar-refractivity contribution is 8.00. The molecule has 0 saturated heterocycles. The SMILES string of the molecule is COC(=O)c1c(NC(=O)C(C)Sc2nc(N)cc(N)n2)sc2c1CCCCCC2. The van der Waals surface area contributed by atoms with Gasteiger partial charge in [0.05, 0.1) is 17.9 Å². The number of thioether (sulfide) groups is 1. The Kier molecular flexibility index (Phi) is 6.96. The predicted molar refractivity (Wildman–Crippen MR) is 116 cm³/mol. The minimum absolute atomic E-state index is 0.249. The molecule has 1 amide bonds. The summed E-state index contributed by atoms with van der Waals surface area (Å²) in [6, 6.07) is 1.46. The largest absolute Gasteiger partial charge is 0.465 e. The molecule has 8 nitrogen and oxygen atoms in total. The van der Waals surface area contributed by atoms with E-state index in [-0.39, 0.29) is 17.5 Å². The van der Waals surface area contributed by atoms with Crippen LogP contribution in [0.25, 0.3) is 0 Å². The first-order valence-electron chi connectivity index (χ1n) is 9.49. The van der Waals surface area contributed by atoms with Crippen LogP contribution in [0.4, 0.5) is 16.6 Å². The van der Waals surface area contributed by atoms with Gasteiger partial charge in [0, 0.05) is 10.9 Å². The van der Waals surface area contributed by atoms with Crippen LogP contribution in [0.5, 0.6) is 0 Å². The van der Waals surface area contributed by atoms with E-state index in [1.54, 1.807) is 6.92 Å². The predicted octanol–water partition coefficient (Wildman–Crippen LogP) is 3.27. The molecule has 0 bridgehead atoms. The van der Waals surface area contributed by atoms with Crippen LogP contribution in [-0.4, -0.2) is 34.2 Å². The van der Waals surface area contributed by atoms with Gasteiger partial charge < -0.3 is 21.5 Å². The Bertz CT molecular complexity index is 895.